The van der Waals surface area contributed by atoms with E-state index in [4.69, 9.17) is 9.72 Å². The Morgan fingerprint density at radius 3 is 2.76 bits per heavy atom. The molecule has 1 aromatic heterocycles. The van der Waals surface area contributed by atoms with Crippen molar-refractivity contribution in [2.75, 3.05) is 31.2 Å². The molecule has 1 amide bonds. The minimum Gasteiger partial charge on any atom is -0.379 e. The molecule has 6 nitrogen and oxygen atoms in total. The number of benzene rings is 1. The number of amides is 1. The Hall–Kier alpha value is -2.21. The van der Waals surface area contributed by atoms with Crippen LogP contribution in [0.1, 0.15) is 25.0 Å². The lowest BCUT2D eigenvalue weighted by Crippen LogP contribution is -2.44. The first-order valence-corrected chi connectivity index (χ1v) is 9.07. The molecule has 0 radical (unpaired) electrons. The van der Waals surface area contributed by atoms with Crippen LogP contribution in [-0.2, 0) is 9.53 Å². The molecule has 25 heavy (non-hydrogen) atoms. The van der Waals surface area contributed by atoms with Gasteiger partial charge in [0, 0.05) is 31.0 Å². The summed E-state index contributed by atoms with van der Waals surface area (Å²) in [5.41, 5.74) is 1.98. The zero-order valence-corrected chi connectivity index (χ0v) is 14.6. The fourth-order valence-electron chi connectivity index (χ4n) is 3.67. The van der Waals surface area contributed by atoms with Crippen LogP contribution in [0.2, 0.25) is 0 Å². The lowest BCUT2D eigenvalue weighted by molar-refractivity contribution is -0.126. The fraction of sp³-hybridized carbons (Fsp3) is 0.526. The minimum absolute atomic E-state index is 0.0819. The van der Waals surface area contributed by atoms with E-state index in [0.29, 0.717) is 6.61 Å². The number of carbonyl (C=O) groups excluding carboxylic acids is 1. The van der Waals surface area contributed by atoms with E-state index in [-0.39, 0.29) is 17.9 Å². The number of hydrogen-bond acceptors (Lipinski definition) is 5. The minimum atomic E-state index is 0.0819. The number of carbonyl (C=O) groups is 1. The average Bonchev–Trinajstić information content (AvgIpc) is 3.15. The van der Waals surface area contributed by atoms with Gasteiger partial charge in [-0.05, 0) is 32.3 Å². The van der Waals surface area contributed by atoms with E-state index in [2.05, 4.69) is 21.3 Å². The van der Waals surface area contributed by atoms with Gasteiger partial charge in [0.25, 0.3) is 0 Å². The highest BCUT2D eigenvalue weighted by atomic mass is 16.5. The highest BCUT2D eigenvalue weighted by Crippen LogP contribution is 2.24. The van der Waals surface area contributed by atoms with Crippen LogP contribution in [0, 0.1) is 12.8 Å². The molecule has 2 fully saturated rings. The Balaban J connectivity index is 1.40. The number of aryl methyl sites for hydroxylation is 1. The first kappa shape index (κ1) is 16.3. The van der Waals surface area contributed by atoms with E-state index in [9.17, 15) is 4.79 Å². The zero-order valence-electron chi connectivity index (χ0n) is 14.6. The molecule has 1 atom stereocenters. The molecular weight excluding hydrogens is 316 g/mol. The Morgan fingerprint density at radius 1 is 1.20 bits per heavy atom. The van der Waals surface area contributed by atoms with Crippen LogP contribution >= 0.6 is 0 Å². The van der Waals surface area contributed by atoms with Gasteiger partial charge in [-0.2, -0.15) is 0 Å². The third-order valence-corrected chi connectivity index (χ3v) is 5.21. The number of rotatable bonds is 3. The van der Waals surface area contributed by atoms with Gasteiger partial charge in [-0.3, -0.25) is 4.79 Å². The van der Waals surface area contributed by atoms with Crippen molar-refractivity contribution in [1.29, 1.82) is 0 Å². The van der Waals surface area contributed by atoms with Gasteiger partial charge in [0.05, 0.1) is 23.9 Å². The van der Waals surface area contributed by atoms with Crippen LogP contribution in [0.15, 0.2) is 24.3 Å². The molecule has 1 aromatic carbocycles. The second-order valence-corrected chi connectivity index (χ2v) is 6.96. The van der Waals surface area contributed by atoms with Gasteiger partial charge in [0.2, 0.25) is 11.9 Å². The summed E-state index contributed by atoms with van der Waals surface area (Å²) in [7, 11) is 0. The molecule has 2 aromatic rings. The molecule has 3 heterocycles. The molecule has 4 rings (SSSR count). The summed E-state index contributed by atoms with van der Waals surface area (Å²) in [6.45, 7) is 5.06. The predicted octanol–water partition coefficient (Wildman–Crippen LogP) is 2.06. The molecular formula is C19H24N4O2. The number of nitrogens with zero attached hydrogens (tertiary/aromatic N) is 3. The predicted molar refractivity (Wildman–Crippen MR) is 96.6 cm³/mol. The largest absolute Gasteiger partial charge is 0.379 e. The highest BCUT2D eigenvalue weighted by Gasteiger charge is 2.28. The number of anilines is 1. The van der Waals surface area contributed by atoms with Crippen molar-refractivity contribution in [3.05, 3.63) is 30.0 Å². The van der Waals surface area contributed by atoms with Gasteiger partial charge < -0.3 is 15.0 Å². The van der Waals surface area contributed by atoms with Gasteiger partial charge in [-0.1, -0.05) is 18.2 Å². The van der Waals surface area contributed by atoms with Crippen LogP contribution in [-0.4, -0.2) is 48.2 Å². The fourth-order valence-corrected chi connectivity index (χ4v) is 3.67. The molecule has 0 saturated carbocycles. The van der Waals surface area contributed by atoms with Crippen molar-refractivity contribution in [2.24, 2.45) is 5.92 Å². The van der Waals surface area contributed by atoms with Gasteiger partial charge >= 0.3 is 0 Å². The molecule has 6 heteroatoms. The van der Waals surface area contributed by atoms with E-state index < -0.39 is 0 Å². The lowest BCUT2D eigenvalue weighted by atomic mass is 9.95. The molecule has 1 N–H and O–H groups in total. The first-order chi connectivity index (χ1) is 12.2. The number of para-hydroxylation sites is 1. The molecule has 0 aliphatic carbocycles. The first-order valence-electron chi connectivity index (χ1n) is 9.07. The Kier molecular flexibility index (Phi) is 4.53. The second-order valence-electron chi connectivity index (χ2n) is 6.96. The van der Waals surface area contributed by atoms with E-state index in [0.717, 1.165) is 61.5 Å². The Bertz CT molecular complexity index is 765. The van der Waals surface area contributed by atoms with Crippen molar-refractivity contribution in [3.63, 3.8) is 0 Å². The SMILES string of the molecule is Cc1nc(N2CCC(C(=O)N[C@@H]3CCOC3)CC2)nc2ccccc12. The topological polar surface area (TPSA) is 67.4 Å². The van der Waals surface area contributed by atoms with Crippen molar-refractivity contribution in [3.8, 4) is 0 Å². The second kappa shape index (κ2) is 6.96. The summed E-state index contributed by atoms with van der Waals surface area (Å²) in [6, 6.07) is 8.28. The summed E-state index contributed by atoms with van der Waals surface area (Å²) in [6.07, 6.45) is 2.61. The summed E-state index contributed by atoms with van der Waals surface area (Å²) >= 11 is 0. The Labute approximate surface area is 147 Å². The standard InChI is InChI=1S/C19H24N4O2/c1-13-16-4-2-3-5-17(16)22-19(20-13)23-9-6-14(7-10-23)18(24)21-15-8-11-25-12-15/h2-5,14-15H,6-12H2,1H3,(H,21,24)/t15-/m1/s1. The van der Waals surface area contributed by atoms with Gasteiger partial charge in [-0.25, -0.2) is 9.97 Å². The lowest BCUT2D eigenvalue weighted by Gasteiger charge is -2.32. The molecule has 0 bridgehead atoms. The van der Waals surface area contributed by atoms with Crippen LogP contribution in [0.4, 0.5) is 5.95 Å². The molecule has 0 unspecified atom stereocenters. The molecule has 2 saturated heterocycles. The normalized spacial score (nSPS) is 21.6. The van der Waals surface area contributed by atoms with Crippen LogP contribution in [0.25, 0.3) is 10.9 Å². The summed E-state index contributed by atoms with van der Waals surface area (Å²) < 4.78 is 5.33. The van der Waals surface area contributed by atoms with Crippen LogP contribution < -0.4 is 10.2 Å². The van der Waals surface area contributed by atoms with Crippen LogP contribution in [0.3, 0.4) is 0 Å². The van der Waals surface area contributed by atoms with Gasteiger partial charge in [-0.15, -0.1) is 0 Å². The number of ether oxygens (including phenoxy) is 1. The number of piperidine rings is 1. The maximum absolute atomic E-state index is 12.4. The van der Waals surface area contributed by atoms with Crippen molar-refractivity contribution in [1.82, 2.24) is 15.3 Å². The summed E-state index contributed by atoms with van der Waals surface area (Å²) in [5, 5.41) is 4.22. The number of nitrogens with one attached hydrogen (secondary N) is 1. The van der Waals surface area contributed by atoms with E-state index in [1.807, 2.05) is 25.1 Å². The highest BCUT2D eigenvalue weighted by molar-refractivity contribution is 5.82. The number of hydrogen-bond donors (Lipinski definition) is 1. The quantitative estimate of drug-likeness (QED) is 0.926. The van der Waals surface area contributed by atoms with Crippen molar-refractivity contribution < 1.29 is 9.53 Å². The van der Waals surface area contributed by atoms with Crippen LogP contribution in [0.5, 0.6) is 0 Å². The summed E-state index contributed by atoms with van der Waals surface area (Å²) in [5.74, 6) is 1.03. The number of aromatic nitrogens is 2. The van der Waals surface area contributed by atoms with Crippen molar-refractivity contribution >= 4 is 22.8 Å². The third kappa shape index (κ3) is 3.44. The van der Waals surface area contributed by atoms with E-state index in [1.54, 1.807) is 0 Å². The molecule has 132 valence electrons. The maximum atomic E-state index is 12.4. The molecule has 2 aliphatic heterocycles. The third-order valence-electron chi connectivity index (χ3n) is 5.21. The number of fused-ring (bicyclic) bond motifs is 1. The average molecular weight is 340 g/mol. The van der Waals surface area contributed by atoms with E-state index in [1.165, 1.54) is 0 Å². The van der Waals surface area contributed by atoms with Crippen molar-refractivity contribution in [2.45, 2.75) is 32.2 Å². The maximum Gasteiger partial charge on any atom is 0.226 e. The molecule has 0 spiro atoms. The Morgan fingerprint density at radius 2 is 2.00 bits per heavy atom. The zero-order chi connectivity index (χ0) is 17.2. The molecule has 2 aliphatic rings. The van der Waals surface area contributed by atoms with Gasteiger partial charge in [0.15, 0.2) is 0 Å². The van der Waals surface area contributed by atoms with Gasteiger partial charge in [0.1, 0.15) is 0 Å². The smallest absolute Gasteiger partial charge is 0.226 e. The monoisotopic (exact) mass is 340 g/mol. The van der Waals surface area contributed by atoms with E-state index >= 15 is 0 Å². The summed E-state index contributed by atoms with van der Waals surface area (Å²) in [4.78, 5) is 24.0.